The van der Waals surface area contributed by atoms with Crippen LogP contribution < -0.4 is 5.56 Å². The van der Waals surface area contributed by atoms with Crippen molar-refractivity contribution in [3.63, 3.8) is 0 Å². The van der Waals surface area contributed by atoms with Gasteiger partial charge in [-0.1, -0.05) is 25.5 Å². The van der Waals surface area contributed by atoms with E-state index in [9.17, 15) is 18.0 Å². The number of piperazine rings is 1. The number of carbonyl (C=O) groups excluding carboxylic acids is 1. The summed E-state index contributed by atoms with van der Waals surface area (Å²) in [7, 11) is -3.56. The molecule has 4 rings (SSSR count). The summed E-state index contributed by atoms with van der Waals surface area (Å²) in [4.78, 5) is 31.5. The van der Waals surface area contributed by atoms with Gasteiger partial charge in [0, 0.05) is 45.0 Å². The number of nitrogens with zero attached hydrogens (tertiary/aromatic N) is 4. The van der Waals surface area contributed by atoms with E-state index in [1.165, 1.54) is 21.1 Å². The van der Waals surface area contributed by atoms with Crippen LogP contribution in [0.25, 0.3) is 5.65 Å². The Labute approximate surface area is 198 Å². The average Bonchev–Trinajstić information content (AvgIpc) is 3.25. The molecule has 1 aliphatic rings. The van der Waals surface area contributed by atoms with E-state index >= 15 is 0 Å². The van der Waals surface area contributed by atoms with Crippen molar-refractivity contribution in [1.29, 1.82) is 0 Å². The Bertz CT molecular complexity index is 1320. The molecule has 1 saturated heterocycles. The maximum Gasteiger partial charge on any atom is 0.343 e. The van der Waals surface area contributed by atoms with E-state index in [-0.39, 0.29) is 23.4 Å². The number of hydrogen-bond acceptors (Lipinski definition) is 7. The summed E-state index contributed by atoms with van der Waals surface area (Å²) in [5, 5.41) is 2.73. The molecule has 0 unspecified atom stereocenters. The SMILES string of the molecule is CCCc1ccc(S(=O)(=O)N2CCN(Cc3cc(=O)n4[nH]cc(C(=O)OCC)c4n3)CC2)cc1. The first-order valence-corrected chi connectivity index (χ1v) is 12.9. The van der Waals surface area contributed by atoms with Crippen LogP contribution in [0.5, 0.6) is 0 Å². The van der Waals surface area contributed by atoms with E-state index in [1.807, 2.05) is 17.0 Å². The predicted octanol–water partition coefficient (Wildman–Crippen LogP) is 1.66. The summed E-state index contributed by atoms with van der Waals surface area (Å²) in [6, 6.07) is 8.52. The van der Waals surface area contributed by atoms with E-state index in [0.717, 1.165) is 18.4 Å². The van der Waals surface area contributed by atoms with Crippen LogP contribution in [0.3, 0.4) is 0 Å². The Morgan fingerprint density at radius 1 is 1.12 bits per heavy atom. The zero-order chi connectivity index (χ0) is 24.3. The summed E-state index contributed by atoms with van der Waals surface area (Å²) >= 11 is 0. The van der Waals surface area contributed by atoms with Crippen molar-refractivity contribution in [3.8, 4) is 0 Å². The topological polar surface area (TPSA) is 117 Å². The lowest BCUT2D eigenvalue weighted by Gasteiger charge is -2.33. The number of sulfonamides is 1. The van der Waals surface area contributed by atoms with Gasteiger partial charge in [0.2, 0.25) is 10.0 Å². The normalized spacial score (nSPS) is 15.6. The lowest BCUT2D eigenvalue weighted by Crippen LogP contribution is -2.48. The van der Waals surface area contributed by atoms with Gasteiger partial charge < -0.3 is 4.74 Å². The molecule has 11 heteroatoms. The van der Waals surface area contributed by atoms with E-state index in [0.29, 0.717) is 43.3 Å². The Balaban J connectivity index is 1.44. The monoisotopic (exact) mass is 487 g/mol. The summed E-state index contributed by atoms with van der Waals surface area (Å²) in [6.07, 6.45) is 3.34. The number of esters is 1. The zero-order valence-electron chi connectivity index (χ0n) is 19.4. The Morgan fingerprint density at radius 3 is 2.47 bits per heavy atom. The minimum Gasteiger partial charge on any atom is -0.462 e. The zero-order valence-corrected chi connectivity index (χ0v) is 20.2. The third kappa shape index (κ3) is 4.91. The Hall–Kier alpha value is -3.02. The molecule has 182 valence electrons. The fourth-order valence-corrected chi connectivity index (χ4v) is 5.51. The molecule has 1 aliphatic heterocycles. The molecule has 1 fully saturated rings. The number of aromatic amines is 1. The highest BCUT2D eigenvalue weighted by molar-refractivity contribution is 7.89. The third-order valence-corrected chi connectivity index (χ3v) is 7.78. The highest BCUT2D eigenvalue weighted by atomic mass is 32.2. The minimum atomic E-state index is -3.56. The number of carbonyl (C=O) groups is 1. The van der Waals surface area contributed by atoms with Crippen molar-refractivity contribution < 1.29 is 17.9 Å². The molecule has 2 aromatic heterocycles. The number of fused-ring (bicyclic) bond motifs is 1. The highest BCUT2D eigenvalue weighted by Crippen LogP contribution is 2.19. The van der Waals surface area contributed by atoms with Crippen molar-refractivity contribution >= 4 is 21.6 Å². The summed E-state index contributed by atoms with van der Waals surface area (Å²) in [5.41, 5.74) is 1.72. The molecule has 0 amide bonds. The van der Waals surface area contributed by atoms with Crippen molar-refractivity contribution in [2.24, 2.45) is 0 Å². The van der Waals surface area contributed by atoms with Gasteiger partial charge in [0.15, 0.2) is 5.65 Å². The Morgan fingerprint density at radius 2 is 1.82 bits per heavy atom. The largest absolute Gasteiger partial charge is 0.462 e. The second kappa shape index (κ2) is 10.1. The molecule has 3 aromatic rings. The molecule has 0 bridgehead atoms. The van der Waals surface area contributed by atoms with Gasteiger partial charge in [-0.05, 0) is 31.0 Å². The summed E-state index contributed by atoms with van der Waals surface area (Å²) in [5.74, 6) is -0.549. The number of aryl methyl sites for hydroxylation is 1. The fraction of sp³-hybridized carbons (Fsp3) is 0.435. The van der Waals surface area contributed by atoms with Gasteiger partial charge in [0.1, 0.15) is 5.56 Å². The number of hydrogen-bond donors (Lipinski definition) is 1. The Kier molecular flexibility index (Phi) is 7.15. The molecular weight excluding hydrogens is 458 g/mol. The van der Waals surface area contributed by atoms with Gasteiger partial charge in [-0.25, -0.2) is 22.7 Å². The van der Waals surface area contributed by atoms with Crippen molar-refractivity contribution in [2.75, 3.05) is 32.8 Å². The van der Waals surface area contributed by atoms with Gasteiger partial charge >= 0.3 is 5.97 Å². The lowest BCUT2D eigenvalue weighted by molar-refractivity contribution is 0.0528. The molecule has 1 N–H and O–H groups in total. The number of nitrogens with one attached hydrogen (secondary N) is 1. The molecule has 0 aliphatic carbocycles. The molecular formula is C23H29N5O5S. The van der Waals surface area contributed by atoms with Crippen LogP contribution in [-0.2, 0) is 27.7 Å². The van der Waals surface area contributed by atoms with E-state index < -0.39 is 16.0 Å². The van der Waals surface area contributed by atoms with Crippen LogP contribution in [-0.4, -0.2) is 71.0 Å². The maximum absolute atomic E-state index is 13.0. The first-order valence-electron chi connectivity index (χ1n) is 11.4. The van der Waals surface area contributed by atoms with Crippen molar-refractivity contribution in [3.05, 3.63) is 63.7 Å². The standard InChI is InChI=1S/C23H29N5O5S/c1-3-5-17-6-8-19(9-7-17)34(31,32)27-12-10-26(11-13-27)16-18-14-21(29)28-22(25-18)20(15-24-28)23(30)33-4-2/h6-9,14-15,24H,3-5,10-13,16H2,1-2H3. The van der Waals surface area contributed by atoms with Crippen LogP contribution in [0.4, 0.5) is 0 Å². The van der Waals surface area contributed by atoms with Gasteiger partial charge in [-0.3, -0.25) is 14.8 Å². The first kappa shape index (κ1) is 24.1. The quantitative estimate of drug-likeness (QED) is 0.480. The van der Waals surface area contributed by atoms with Gasteiger partial charge in [-0.2, -0.15) is 4.31 Å². The first-order chi connectivity index (χ1) is 16.3. The van der Waals surface area contributed by atoms with Gasteiger partial charge in [0.05, 0.1) is 17.2 Å². The predicted molar refractivity (Wildman–Crippen MR) is 126 cm³/mol. The third-order valence-electron chi connectivity index (χ3n) is 5.86. The second-order valence-corrected chi connectivity index (χ2v) is 10.2. The number of rotatable bonds is 8. The van der Waals surface area contributed by atoms with Gasteiger partial charge in [-0.15, -0.1) is 0 Å². The number of ether oxygens (including phenoxy) is 1. The maximum atomic E-state index is 13.0. The smallest absolute Gasteiger partial charge is 0.343 e. The molecule has 3 heterocycles. The molecule has 34 heavy (non-hydrogen) atoms. The summed E-state index contributed by atoms with van der Waals surface area (Å²) in [6.45, 7) is 6.09. The van der Waals surface area contributed by atoms with Crippen LogP contribution in [0.1, 0.15) is 41.9 Å². The lowest BCUT2D eigenvalue weighted by atomic mass is 10.1. The number of aromatic nitrogens is 3. The molecule has 0 saturated carbocycles. The van der Waals surface area contributed by atoms with Crippen molar-refractivity contribution in [2.45, 2.75) is 38.1 Å². The van der Waals surface area contributed by atoms with Crippen LogP contribution >= 0.6 is 0 Å². The van der Waals surface area contributed by atoms with Crippen LogP contribution in [0, 0.1) is 0 Å². The second-order valence-electron chi connectivity index (χ2n) is 8.23. The fourth-order valence-electron chi connectivity index (χ4n) is 4.09. The minimum absolute atomic E-state index is 0.196. The number of benzene rings is 1. The highest BCUT2D eigenvalue weighted by Gasteiger charge is 2.29. The van der Waals surface area contributed by atoms with E-state index in [4.69, 9.17) is 4.74 Å². The van der Waals surface area contributed by atoms with Crippen molar-refractivity contribution in [1.82, 2.24) is 23.8 Å². The van der Waals surface area contributed by atoms with E-state index in [1.54, 1.807) is 19.1 Å². The molecule has 10 nitrogen and oxygen atoms in total. The number of H-pyrrole nitrogens is 1. The molecule has 1 aromatic carbocycles. The average molecular weight is 488 g/mol. The summed E-state index contributed by atoms with van der Waals surface area (Å²) < 4.78 is 33.8. The van der Waals surface area contributed by atoms with Crippen LogP contribution in [0.2, 0.25) is 0 Å². The molecule has 0 spiro atoms. The molecule has 0 radical (unpaired) electrons. The van der Waals surface area contributed by atoms with E-state index in [2.05, 4.69) is 17.0 Å². The van der Waals surface area contributed by atoms with Crippen LogP contribution in [0.15, 0.2) is 46.2 Å². The van der Waals surface area contributed by atoms with Gasteiger partial charge in [0.25, 0.3) is 5.56 Å². The molecule has 0 atom stereocenters.